The zero-order valence-corrected chi connectivity index (χ0v) is 10.9. The first kappa shape index (κ1) is 15.9. The van der Waals surface area contributed by atoms with Gasteiger partial charge in [-0.3, -0.25) is 9.59 Å². The van der Waals surface area contributed by atoms with E-state index in [-0.39, 0.29) is 36.9 Å². The van der Waals surface area contributed by atoms with E-state index in [0.717, 1.165) is 0 Å². The Morgan fingerprint density at radius 1 is 1.24 bits per heavy atom. The van der Waals surface area contributed by atoms with E-state index in [2.05, 4.69) is 5.32 Å². The molecule has 17 heavy (non-hydrogen) atoms. The number of aliphatic hydroxyl groups excluding tert-OH is 1. The molecule has 0 aromatic heterocycles. The van der Waals surface area contributed by atoms with Gasteiger partial charge >= 0.3 is 5.97 Å². The van der Waals surface area contributed by atoms with Crippen molar-refractivity contribution >= 4 is 11.9 Å². The fourth-order valence-electron chi connectivity index (χ4n) is 1.72. The number of hydrogen-bond acceptors (Lipinski definition) is 4. The molecule has 0 aromatic rings. The number of carbonyl (C=O) groups is 2. The Morgan fingerprint density at radius 2 is 1.82 bits per heavy atom. The molecule has 2 atom stereocenters. The van der Waals surface area contributed by atoms with Crippen molar-refractivity contribution in [3.63, 3.8) is 0 Å². The molecule has 1 amide bonds. The lowest BCUT2D eigenvalue weighted by molar-refractivity contribution is -0.146. The number of hydrogen-bond donors (Lipinski definition) is 2. The first-order chi connectivity index (χ1) is 8.10. The summed E-state index contributed by atoms with van der Waals surface area (Å²) in [5, 5.41) is 11.3. The van der Waals surface area contributed by atoms with Crippen molar-refractivity contribution in [2.24, 2.45) is 11.8 Å². The average Bonchev–Trinajstić information content (AvgIpc) is 2.36. The van der Waals surface area contributed by atoms with Gasteiger partial charge in [0.15, 0.2) is 0 Å². The Kier molecular flexibility index (Phi) is 8.40. The summed E-state index contributed by atoms with van der Waals surface area (Å²) in [6, 6.07) is 0. The zero-order chi connectivity index (χ0) is 13.3. The highest BCUT2D eigenvalue weighted by Gasteiger charge is 2.25. The van der Waals surface area contributed by atoms with Crippen LogP contribution in [0, 0.1) is 11.8 Å². The molecule has 0 saturated carbocycles. The number of carbonyl (C=O) groups excluding carboxylic acids is 2. The Bertz CT molecular complexity index is 243. The minimum atomic E-state index is -0.263. The largest absolute Gasteiger partial charge is 0.469 e. The lowest BCUT2D eigenvalue weighted by Gasteiger charge is -2.19. The van der Waals surface area contributed by atoms with Crippen LogP contribution in [-0.2, 0) is 14.3 Å². The molecule has 0 heterocycles. The van der Waals surface area contributed by atoms with Crippen LogP contribution in [0.4, 0.5) is 0 Å². The van der Waals surface area contributed by atoms with Crippen molar-refractivity contribution in [2.45, 2.75) is 33.1 Å². The van der Waals surface area contributed by atoms with Crippen molar-refractivity contribution in [2.75, 3.05) is 20.3 Å². The van der Waals surface area contributed by atoms with Crippen molar-refractivity contribution in [3.8, 4) is 0 Å². The second kappa shape index (κ2) is 8.98. The Labute approximate surface area is 103 Å². The van der Waals surface area contributed by atoms with Crippen molar-refractivity contribution < 1.29 is 19.4 Å². The number of ether oxygens (including phenoxy) is 1. The van der Waals surface area contributed by atoms with Gasteiger partial charge in [0.25, 0.3) is 0 Å². The van der Waals surface area contributed by atoms with Gasteiger partial charge in [0, 0.05) is 12.5 Å². The average molecular weight is 245 g/mol. The Balaban J connectivity index is 4.35. The van der Waals surface area contributed by atoms with Crippen LogP contribution in [0.25, 0.3) is 0 Å². The van der Waals surface area contributed by atoms with Gasteiger partial charge in [-0.15, -0.1) is 0 Å². The third kappa shape index (κ3) is 5.68. The van der Waals surface area contributed by atoms with Gasteiger partial charge in [-0.2, -0.15) is 0 Å². The second-order valence-corrected chi connectivity index (χ2v) is 3.98. The van der Waals surface area contributed by atoms with Gasteiger partial charge in [-0.25, -0.2) is 0 Å². The van der Waals surface area contributed by atoms with E-state index in [0.29, 0.717) is 19.3 Å². The predicted molar refractivity (Wildman–Crippen MR) is 64.3 cm³/mol. The van der Waals surface area contributed by atoms with Gasteiger partial charge < -0.3 is 15.2 Å². The zero-order valence-electron chi connectivity index (χ0n) is 10.9. The topological polar surface area (TPSA) is 75.6 Å². The lowest BCUT2D eigenvalue weighted by Crippen LogP contribution is -2.34. The molecular weight excluding hydrogens is 222 g/mol. The number of methoxy groups -OCH3 is 1. The van der Waals surface area contributed by atoms with Gasteiger partial charge in [0.05, 0.1) is 19.6 Å². The molecule has 0 aliphatic carbocycles. The van der Waals surface area contributed by atoms with Crippen LogP contribution in [0.2, 0.25) is 0 Å². The molecule has 5 heteroatoms. The number of nitrogens with one attached hydrogen (secondary N) is 1. The Morgan fingerprint density at radius 3 is 2.24 bits per heavy atom. The van der Waals surface area contributed by atoms with Crippen LogP contribution >= 0.6 is 0 Å². The summed E-state index contributed by atoms with van der Waals surface area (Å²) in [6.45, 7) is 3.99. The maximum absolute atomic E-state index is 11.7. The van der Waals surface area contributed by atoms with Gasteiger partial charge in [-0.05, 0) is 19.3 Å². The van der Waals surface area contributed by atoms with E-state index < -0.39 is 0 Å². The normalized spacial score (nSPS) is 13.9. The summed E-state index contributed by atoms with van der Waals surface area (Å²) in [6.07, 6.45) is 1.83. The minimum absolute atomic E-state index is 0.0730. The van der Waals surface area contributed by atoms with Crippen LogP contribution in [-0.4, -0.2) is 37.2 Å². The van der Waals surface area contributed by atoms with Crippen LogP contribution in [0.3, 0.4) is 0 Å². The first-order valence-corrected chi connectivity index (χ1v) is 6.06. The molecule has 2 N–H and O–H groups in total. The summed E-state index contributed by atoms with van der Waals surface area (Å²) in [5.41, 5.74) is 0. The van der Waals surface area contributed by atoms with Crippen LogP contribution in [0.15, 0.2) is 0 Å². The minimum Gasteiger partial charge on any atom is -0.469 e. The van der Waals surface area contributed by atoms with Crippen molar-refractivity contribution in [1.82, 2.24) is 5.32 Å². The van der Waals surface area contributed by atoms with Crippen molar-refractivity contribution in [3.05, 3.63) is 0 Å². The highest BCUT2D eigenvalue weighted by Crippen LogP contribution is 2.20. The van der Waals surface area contributed by atoms with E-state index in [1.54, 1.807) is 0 Å². The highest BCUT2D eigenvalue weighted by atomic mass is 16.5. The molecule has 2 unspecified atom stereocenters. The molecule has 5 nitrogen and oxygen atoms in total. The number of esters is 1. The van der Waals surface area contributed by atoms with E-state index in [4.69, 9.17) is 9.84 Å². The third-order valence-corrected chi connectivity index (χ3v) is 2.87. The van der Waals surface area contributed by atoms with E-state index in [1.807, 2.05) is 13.8 Å². The monoisotopic (exact) mass is 245 g/mol. The summed E-state index contributed by atoms with van der Waals surface area (Å²) >= 11 is 0. The van der Waals surface area contributed by atoms with Crippen LogP contribution in [0.1, 0.15) is 33.1 Å². The summed E-state index contributed by atoms with van der Waals surface area (Å²) in [4.78, 5) is 23.2. The Hall–Kier alpha value is -1.10. The summed E-state index contributed by atoms with van der Waals surface area (Å²) in [5.74, 6) is -0.805. The fourth-order valence-corrected chi connectivity index (χ4v) is 1.72. The van der Waals surface area contributed by atoms with Gasteiger partial charge in [0.2, 0.25) is 5.91 Å². The third-order valence-electron chi connectivity index (χ3n) is 2.87. The second-order valence-electron chi connectivity index (χ2n) is 3.98. The fraction of sp³-hybridized carbons (Fsp3) is 0.833. The summed E-state index contributed by atoms with van der Waals surface area (Å²) < 4.78 is 4.70. The van der Waals surface area contributed by atoms with Gasteiger partial charge in [0.1, 0.15) is 0 Å². The van der Waals surface area contributed by atoms with Crippen LogP contribution in [0.5, 0.6) is 0 Å². The lowest BCUT2D eigenvalue weighted by atomic mass is 9.90. The quantitative estimate of drug-likeness (QED) is 0.618. The molecule has 0 bridgehead atoms. The number of rotatable bonds is 8. The maximum Gasteiger partial charge on any atom is 0.308 e. The molecule has 0 fully saturated rings. The first-order valence-electron chi connectivity index (χ1n) is 6.06. The van der Waals surface area contributed by atoms with E-state index in [9.17, 15) is 9.59 Å². The summed E-state index contributed by atoms with van der Waals surface area (Å²) in [7, 11) is 1.36. The molecular formula is C12H23NO4. The number of aliphatic hydroxyl groups is 1. The molecule has 100 valence electrons. The molecule has 0 aliphatic heterocycles. The van der Waals surface area contributed by atoms with E-state index in [1.165, 1.54) is 7.11 Å². The van der Waals surface area contributed by atoms with Crippen molar-refractivity contribution in [1.29, 1.82) is 0 Å². The molecule has 0 aromatic carbocycles. The highest BCUT2D eigenvalue weighted by molar-refractivity contribution is 5.80. The molecule has 0 radical (unpaired) electrons. The van der Waals surface area contributed by atoms with Gasteiger partial charge in [-0.1, -0.05) is 13.8 Å². The molecule has 0 rings (SSSR count). The molecule has 0 saturated heterocycles. The number of amides is 1. The molecule has 0 aliphatic rings. The van der Waals surface area contributed by atoms with Crippen LogP contribution < -0.4 is 5.32 Å². The smallest absolute Gasteiger partial charge is 0.308 e. The maximum atomic E-state index is 11.7. The van der Waals surface area contributed by atoms with E-state index >= 15 is 0 Å². The SMILES string of the molecule is CCC(CC(CC)C(=O)OC)C(=O)NCCO. The predicted octanol–water partition coefficient (Wildman–Crippen LogP) is 0.710. The standard InChI is InChI=1S/C12H23NO4/c1-4-9(11(15)13-6-7-14)8-10(5-2)12(16)17-3/h9-10,14H,4-8H2,1-3H3,(H,13,15). The molecule has 0 spiro atoms.